The lowest BCUT2D eigenvalue weighted by Crippen LogP contribution is -2.59. The molecule has 1 aliphatic carbocycles. The number of carbonyl (C=O) groups excluding carboxylic acids is 4. The molecule has 0 bridgehead atoms. The van der Waals surface area contributed by atoms with Crippen LogP contribution in [-0.2, 0) is 41.4 Å². The number of amides is 2. The van der Waals surface area contributed by atoms with Crippen LogP contribution in [0.25, 0.3) is 0 Å². The second-order valence-electron chi connectivity index (χ2n) is 13.8. The molecule has 9 nitrogen and oxygen atoms in total. The second kappa shape index (κ2) is 14.3. The number of hydrogen-bond donors (Lipinski definition) is 1. The topological polar surface area (TPSA) is 111 Å². The lowest BCUT2D eigenvalue weighted by Gasteiger charge is -2.40. The molecule has 0 saturated heterocycles. The SMILES string of the molecule is COC(=O)[C@@H](CC(C)C)N(C(=O)[C@H](NC(=O)OC(C)(C)C)C1Cc2ccccc2C1)C(C(=O)OC(C)(C)C)c1ccccc1. The average Bonchev–Trinajstić information content (AvgIpc) is 3.35. The van der Waals surface area contributed by atoms with E-state index in [-0.39, 0.29) is 18.3 Å². The van der Waals surface area contributed by atoms with Gasteiger partial charge in [-0.2, -0.15) is 0 Å². The molecule has 1 N–H and O–H groups in total. The number of fused-ring (bicyclic) bond motifs is 1. The predicted octanol–water partition coefficient (Wildman–Crippen LogP) is 5.79. The molecule has 3 rings (SSSR count). The Labute approximate surface area is 261 Å². The molecule has 0 radical (unpaired) electrons. The van der Waals surface area contributed by atoms with Crippen molar-refractivity contribution in [3.63, 3.8) is 0 Å². The van der Waals surface area contributed by atoms with Gasteiger partial charge >= 0.3 is 18.0 Å². The van der Waals surface area contributed by atoms with E-state index in [1.54, 1.807) is 71.9 Å². The van der Waals surface area contributed by atoms with E-state index < -0.39 is 53.3 Å². The second-order valence-corrected chi connectivity index (χ2v) is 13.8. The zero-order chi connectivity index (χ0) is 32.8. The summed E-state index contributed by atoms with van der Waals surface area (Å²) in [6.07, 6.45) is 0.491. The van der Waals surface area contributed by atoms with Gasteiger partial charge in [0.2, 0.25) is 5.91 Å². The third-order valence-corrected chi connectivity index (χ3v) is 7.27. The van der Waals surface area contributed by atoms with E-state index in [9.17, 15) is 14.4 Å². The number of alkyl carbamates (subject to hydrolysis) is 1. The Hall–Kier alpha value is -3.88. The van der Waals surface area contributed by atoms with Crippen LogP contribution in [0.2, 0.25) is 0 Å². The fraction of sp³-hybridized carbons (Fsp3) is 0.543. The fourth-order valence-electron chi connectivity index (χ4n) is 5.57. The van der Waals surface area contributed by atoms with Gasteiger partial charge in [0, 0.05) is 0 Å². The quantitative estimate of drug-likeness (QED) is 0.268. The van der Waals surface area contributed by atoms with Crippen molar-refractivity contribution in [1.82, 2.24) is 10.2 Å². The highest BCUT2D eigenvalue weighted by atomic mass is 16.6. The highest BCUT2D eigenvalue weighted by Gasteiger charge is 2.47. The van der Waals surface area contributed by atoms with Gasteiger partial charge in [-0.25, -0.2) is 14.4 Å². The summed E-state index contributed by atoms with van der Waals surface area (Å²) in [6, 6.07) is 13.1. The summed E-state index contributed by atoms with van der Waals surface area (Å²) in [5.41, 5.74) is 0.931. The minimum atomic E-state index is -1.29. The third kappa shape index (κ3) is 9.31. The van der Waals surface area contributed by atoms with Crippen LogP contribution in [-0.4, -0.2) is 59.2 Å². The van der Waals surface area contributed by atoms with Crippen molar-refractivity contribution in [2.75, 3.05) is 7.11 Å². The van der Waals surface area contributed by atoms with Gasteiger partial charge in [-0.05, 0) is 89.3 Å². The number of ether oxygens (including phenoxy) is 3. The first-order valence-corrected chi connectivity index (χ1v) is 15.2. The number of nitrogens with one attached hydrogen (secondary N) is 1. The first kappa shape index (κ1) is 34.6. The van der Waals surface area contributed by atoms with Crippen LogP contribution in [0, 0.1) is 11.8 Å². The Morgan fingerprint density at radius 1 is 0.818 bits per heavy atom. The Kier molecular flexibility index (Phi) is 11.2. The van der Waals surface area contributed by atoms with E-state index in [4.69, 9.17) is 14.2 Å². The van der Waals surface area contributed by atoms with Crippen molar-refractivity contribution in [1.29, 1.82) is 0 Å². The highest BCUT2D eigenvalue weighted by Crippen LogP contribution is 2.34. The number of hydrogen-bond acceptors (Lipinski definition) is 7. The van der Waals surface area contributed by atoms with E-state index >= 15 is 4.79 Å². The van der Waals surface area contributed by atoms with Gasteiger partial charge in [-0.3, -0.25) is 4.79 Å². The molecule has 240 valence electrons. The van der Waals surface area contributed by atoms with Crippen LogP contribution in [0.4, 0.5) is 4.79 Å². The summed E-state index contributed by atoms with van der Waals surface area (Å²) in [5.74, 6) is -2.35. The normalized spacial score (nSPS) is 15.5. The molecule has 2 aromatic carbocycles. The Bertz CT molecular complexity index is 1290. The van der Waals surface area contributed by atoms with Gasteiger partial charge in [0.25, 0.3) is 0 Å². The van der Waals surface area contributed by atoms with Crippen LogP contribution in [0.15, 0.2) is 54.6 Å². The Balaban J connectivity index is 2.22. The van der Waals surface area contributed by atoms with E-state index in [1.165, 1.54) is 12.0 Å². The monoisotopic (exact) mass is 608 g/mol. The molecule has 0 aromatic heterocycles. The predicted molar refractivity (Wildman–Crippen MR) is 168 cm³/mol. The number of esters is 2. The molecule has 0 spiro atoms. The molecule has 0 saturated carbocycles. The third-order valence-electron chi connectivity index (χ3n) is 7.27. The number of benzene rings is 2. The van der Waals surface area contributed by atoms with Gasteiger partial charge in [-0.15, -0.1) is 0 Å². The minimum Gasteiger partial charge on any atom is -0.467 e. The number of rotatable bonds is 10. The van der Waals surface area contributed by atoms with Gasteiger partial charge in [0.1, 0.15) is 23.3 Å². The van der Waals surface area contributed by atoms with Crippen LogP contribution in [0.1, 0.15) is 84.5 Å². The zero-order valence-corrected chi connectivity index (χ0v) is 27.5. The maximum absolute atomic E-state index is 15.1. The van der Waals surface area contributed by atoms with Crippen molar-refractivity contribution in [3.05, 3.63) is 71.3 Å². The standard InChI is InChI=1S/C35H48N2O7/c1-22(2)19-27(31(39)42-9)37(29(23-15-11-10-12-16-23)32(40)43-34(3,4)5)30(38)28(36-33(41)44-35(6,7)8)26-20-24-17-13-14-18-25(24)21-26/h10-18,22,26-29H,19-21H2,1-9H3,(H,36,41)/t27-,28-,29?/m1/s1. The molecule has 9 heteroatoms. The van der Waals surface area contributed by atoms with Crippen molar-refractivity contribution in [2.24, 2.45) is 11.8 Å². The minimum absolute atomic E-state index is 0.0440. The number of carbonyl (C=O) groups is 4. The van der Waals surface area contributed by atoms with Gasteiger partial charge in [0.15, 0.2) is 6.04 Å². The molecular formula is C35H48N2O7. The molecule has 0 aliphatic heterocycles. The summed E-state index contributed by atoms with van der Waals surface area (Å²) in [5, 5.41) is 2.83. The molecule has 3 atom stereocenters. The fourth-order valence-corrected chi connectivity index (χ4v) is 5.57. The van der Waals surface area contributed by atoms with Crippen molar-refractivity contribution >= 4 is 23.9 Å². The van der Waals surface area contributed by atoms with Crippen molar-refractivity contribution in [3.8, 4) is 0 Å². The van der Waals surface area contributed by atoms with Crippen LogP contribution in [0.5, 0.6) is 0 Å². The number of methoxy groups -OCH3 is 1. The molecule has 44 heavy (non-hydrogen) atoms. The molecule has 1 unspecified atom stereocenters. The van der Waals surface area contributed by atoms with Gasteiger partial charge in [0.05, 0.1) is 7.11 Å². The van der Waals surface area contributed by atoms with E-state index in [2.05, 4.69) is 5.32 Å². The highest BCUT2D eigenvalue weighted by molar-refractivity contribution is 5.94. The molecule has 2 aromatic rings. The van der Waals surface area contributed by atoms with Crippen LogP contribution in [0.3, 0.4) is 0 Å². The van der Waals surface area contributed by atoms with E-state index in [1.807, 2.05) is 38.1 Å². The first-order valence-electron chi connectivity index (χ1n) is 15.2. The maximum Gasteiger partial charge on any atom is 0.408 e. The Morgan fingerprint density at radius 3 is 1.82 bits per heavy atom. The summed E-state index contributed by atoms with van der Waals surface area (Å²) in [7, 11) is 1.26. The lowest BCUT2D eigenvalue weighted by atomic mass is 9.91. The summed E-state index contributed by atoms with van der Waals surface area (Å²) >= 11 is 0. The molecule has 0 heterocycles. The maximum atomic E-state index is 15.1. The first-order chi connectivity index (χ1) is 20.5. The van der Waals surface area contributed by atoms with Crippen LogP contribution < -0.4 is 5.32 Å². The smallest absolute Gasteiger partial charge is 0.408 e. The van der Waals surface area contributed by atoms with Gasteiger partial charge in [-0.1, -0.05) is 68.4 Å². The average molecular weight is 609 g/mol. The van der Waals surface area contributed by atoms with E-state index in [0.29, 0.717) is 18.4 Å². The lowest BCUT2D eigenvalue weighted by molar-refractivity contribution is -0.171. The molecular weight excluding hydrogens is 560 g/mol. The largest absolute Gasteiger partial charge is 0.467 e. The molecule has 0 fully saturated rings. The van der Waals surface area contributed by atoms with Crippen molar-refractivity contribution < 1.29 is 33.4 Å². The van der Waals surface area contributed by atoms with Crippen molar-refractivity contribution in [2.45, 2.75) is 104 Å². The zero-order valence-electron chi connectivity index (χ0n) is 27.5. The summed E-state index contributed by atoms with van der Waals surface area (Å²) in [6.45, 7) is 14.3. The van der Waals surface area contributed by atoms with E-state index in [0.717, 1.165) is 11.1 Å². The number of nitrogens with zero attached hydrogens (tertiary/aromatic N) is 1. The van der Waals surface area contributed by atoms with Gasteiger partial charge < -0.3 is 24.4 Å². The molecule has 1 aliphatic rings. The Morgan fingerprint density at radius 2 is 1.34 bits per heavy atom. The summed E-state index contributed by atoms with van der Waals surface area (Å²) in [4.78, 5) is 57.1. The molecule has 2 amide bonds. The van der Waals surface area contributed by atoms with Crippen LogP contribution >= 0.6 is 0 Å². The summed E-state index contributed by atoms with van der Waals surface area (Å²) < 4.78 is 16.7.